The number of halogens is 1. The first-order chi connectivity index (χ1) is 10.1. The van der Waals surface area contributed by atoms with Crippen molar-refractivity contribution in [3.63, 3.8) is 0 Å². The van der Waals surface area contributed by atoms with Crippen LogP contribution in [0.15, 0.2) is 24.3 Å². The summed E-state index contributed by atoms with van der Waals surface area (Å²) >= 11 is 0. The molecule has 1 saturated heterocycles. The molecular weight excluding hydrogens is 271 g/mol. The third-order valence-electron chi connectivity index (χ3n) is 3.63. The zero-order valence-corrected chi connectivity index (χ0v) is 12.5. The smallest absolute Gasteiger partial charge is 0.220 e. The third-order valence-corrected chi connectivity index (χ3v) is 3.63. The summed E-state index contributed by atoms with van der Waals surface area (Å²) in [7, 11) is 2.07. The summed E-state index contributed by atoms with van der Waals surface area (Å²) in [6.07, 6.45) is 3.16. The number of hydrogen-bond acceptors (Lipinski definition) is 3. The molecule has 2 rings (SSSR count). The Hall–Kier alpha value is -1.62. The Morgan fingerprint density at radius 1 is 1.48 bits per heavy atom. The molecule has 0 spiro atoms. The molecule has 1 aliphatic heterocycles. The fourth-order valence-corrected chi connectivity index (χ4v) is 2.56. The minimum atomic E-state index is -0.368. The monoisotopic (exact) mass is 294 g/mol. The number of ether oxygens (including phenoxy) is 1. The number of carbonyl (C=O) groups excluding carboxylic acids is 1. The molecule has 1 heterocycles. The standard InChI is InChI=1S/C16H23FN2O2/c1-19-10-4-6-13(12-19)18-16(20)9-5-11-21-15-8-3-2-7-14(15)17/h2-3,7-8,13H,4-6,9-12H2,1H3,(H,18,20). The van der Waals surface area contributed by atoms with Crippen molar-refractivity contribution in [2.75, 3.05) is 26.7 Å². The molecule has 116 valence electrons. The molecule has 1 N–H and O–H groups in total. The minimum Gasteiger partial charge on any atom is -0.491 e. The van der Waals surface area contributed by atoms with Crippen LogP contribution in [-0.4, -0.2) is 43.6 Å². The van der Waals surface area contributed by atoms with Crippen LogP contribution in [0.4, 0.5) is 4.39 Å². The second-order valence-corrected chi connectivity index (χ2v) is 5.55. The zero-order chi connectivity index (χ0) is 15.1. The van der Waals surface area contributed by atoms with Crippen LogP contribution in [0.25, 0.3) is 0 Å². The lowest BCUT2D eigenvalue weighted by molar-refractivity contribution is -0.122. The lowest BCUT2D eigenvalue weighted by Gasteiger charge is -2.30. The Morgan fingerprint density at radius 3 is 3.05 bits per heavy atom. The summed E-state index contributed by atoms with van der Waals surface area (Å²) < 4.78 is 18.6. The predicted molar refractivity (Wildman–Crippen MR) is 79.8 cm³/mol. The van der Waals surface area contributed by atoms with E-state index < -0.39 is 0 Å². The van der Waals surface area contributed by atoms with E-state index in [9.17, 15) is 9.18 Å². The van der Waals surface area contributed by atoms with Crippen molar-refractivity contribution in [1.82, 2.24) is 10.2 Å². The summed E-state index contributed by atoms with van der Waals surface area (Å²) in [5.41, 5.74) is 0. The second-order valence-electron chi connectivity index (χ2n) is 5.55. The van der Waals surface area contributed by atoms with Gasteiger partial charge in [-0.3, -0.25) is 4.79 Å². The molecule has 1 atom stereocenters. The van der Waals surface area contributed by atoms with Gasteiger partial charge in [-0.15, -0.1) is 0 Å². The van der Waals surface area contributed by atoms with Crippen LogP contribution >= 0.6 is 0 Å². The number of rotatable bonds is 6. The molecule has 1 aliphatic rings. The van der Waals surface area contributed by atoms with Gasteiger partial charge in [0, 0.05) is 19.0 Å². The first-order valence-corrected chi connectivity index (χ1v) is 7.50. The fraction of sp³-hybridized carbons (Fsp3) is 0.562. The molecule has 1 fully saturated rings. The van der Waals surface area contributed by atoms with Gasteiger partial charge in [0.15, 0.2) is 11.6 Å². The molecule has 0 radical (unpaired) electrons. The van der Waals surface area contributed by atoms with Gasteiger partial charge in [-0.05, 0) is 45.0 Å². The van der Waals surface area contributed by atoms with Gasteiger partial charge in [-0.2, -0.15) is 0 Å². The van der Waals surface area contributed by atoms with Crippen LogP contribution in [-0.2, 0) is 4.79 Å². The van der Waals surface area contributed by atoms with Crippen molar-refractivity contribution < 1.29 is 13.9 Å². The summed E-state index contributed by atoms with van der Waals surface area (Å²) in [6.45, 7) is 2.36. The summed E-state index contributed by atoms with van der Waals surface area (Å²) in [4.78, 5) is 14.1. The molecule has 0 aliphatic carbocycles. The lowest BCUT2D eigenvalue weighted by atomic mass is 10.1. The number of carbonyl (C=O) groups is 1. The van der Waals surface area contributed by atoms with Gasteiger partial charge >= 0.3 is 0 Å². The summed E-state index contributed by atoms with van der Waals surface area (Å²) in [5.74, 6) is -0.0774. The third kappa shape index (κ3) is 5.34. The van der Waals surface area contributed by atoms with Crippen molar-refractivity contribution in [2.45, 2.75) is 31.7 Å². The molecule has 1 unspecified atom stereocenters. The van der Waals surface area contributed by atoms with Crippen LogP contribution in [0.3, 0.4) is 0 Å². The Labute approximate surface area is 125 Å². The highest BCUT2D eigenvalue weighted by atomic mass is 19.1. The van der Waals surface area contributed by atoms with Crippen molar-refractivity contribution in [3.05, 3.63) is 30.1 Å². The van der Waals surface area contributed by atoms with E-state index in [1.54, 1.807) is 18.2 Å². The van der Waals surface area contributed by atoms with Gasteiger partial charge in [0.05, 0.1) is 6.61 Å². The van der Waals surface area contributed by atoms with E-state index in [2.05, 4.69) is 17.3 Å². The number of piperidine rings is 1. The van der Waals surface area contributed by atoms with Crippen molar-refractivity contribution in [1.29, 1.82) is 0 Å². The van der Waals surface area contributed by atoms with Crippen LogP contribution < -0.4 is 10.1 Å². The molecule has 4 nitrogen and oxygen atoms in total. The van der Waals surface area contributed by atoms with E-state index in [-0.39, 0.29) is 23.5 Å². The van der Waals surface area contributed by atoms with Crippen LogP contribution in [0.1, 0.15) is 25.7 Å². The number of likely N-dealkylation sites (N-methyl/N-ethyl adjacent to an activating group) is 1. The van der Waals surface area contributed by atoms with Crippen molar-refractivity contribution in [3.8, 4) is 5.75 Å². The molecule has 0 bridgehead atoms. The summed E-state index contributed by atoms with van der Waals surface area (Å²) in [6, 6.07) is 6.56. The molecule has 21 heavy (non-hydrogen) atoms. The molecule has 0 saturated carbocycles. The maximum atomic E-state index is 13.3. The van der Waals surface area contributed by atoms with Gasteiger partial charge in [0.25, 0.3) is 0 Å². The van der Waals surface area contributed by atoms with E-state index >= 15 is 0 Å². The first-order valence-electron chi connectivity index (χ1n) is 7.50. The van der Waals surface area contributed by atoms with Gasteiger partial charge < -0.3 is 15.0 Å². The SMILES string of the molecule is CN1CCCC(NC(=O)CCCOc2ccccc2F)C1. The van der Waals surface area contributed by atoms with E-state index in [1.165, 1.54) is 6.07 Å². The Balaban J connectivity index is 1.62. The Morgan fingerprint density at radius 2 is 2.29 bits per heavy atom. The van der Waals surface area contributed by atoms with Crippen molar-refractivity contribution >= 4 is 5.91 Å². The number of hydrogen-bond donors (Lipinski definition) is 1. The van der Waals surface area contributed by atoms with Crippen LogP contribution in [0.5, 0.6) is 5.75 Å². The highest BCUT2D eigenvalue weighted by Crippen LogP contribution is 2.15. The van der Waals surface area contributed by atoms with Crippen LogP contribution in [0, 0.1) is 5.82 Å². The molecular formula is C16H23FN2O2. The first kappa shape index (κ1) is 15.8. The zero-order valence-electron chi connectivity index (χ0n) is 12.5. The van der Waals surface area contributed by atoms with E-state index in [0.717, 1.165) is 25.9 Å². The Kier molecular flexibility index (Phi) is 5.99. The van der Waals surface area contributed by atoms with Gasteiger partial charge in [-0.1, -0.05) is 12.1 Å². The lowest BCUT2D eigenvalue weighted by Crippen LogP contribution is -2.46. The topological polar surface area (TPSA) is 41.6 Å². The van der Waals surface area contributed by atoms with Gasteiger partial charge in [0.2, 0.25) is 5.91 Å². The van der Waals surface area contributed by atoms with Crippen molar-refractivity contribution in [2.24, 2.45) is 0 Å². The largest absolute Gasteiger partial charge is 0.491 e. The number of para-hydroxylation sites is 1. The minimum absolute atomic E-state index is 0.0485. The highest BCUT2D eigenvalue weighted by molar-refractivity contribution is 5.76. The predicted octanol–water partition coefficient (Wildman–Crippen LogP) is 2.20. The fourth-order valence-electron chi connectivity index (χ4n) is 2.56. The average Bonchev–Trinajstić information content (AvgIpc) is 2.45. The average molecular weight is 294 g/mol. The van der Waals surface area contributed by atoms with Gasteiger partial charge in [-0.25, -0.2) is 4.39 Å². The molecule has 1 amide bonds. The molecule has 1 aromatic rings. The maximum Gasteiger partial charge on any atom is 0.220 e. The van der Waals surface area contributed by atoms with E-state index in [1.807, 2.05) is 0 Å². The molecule has 1 aromatic carbocycles. The number of amides is 1. The Bertz CT molecular complexity index is 467. The summed E-state index contributed by atoms with van der Waals surface area (Å²) in [5, 5.41) is 3.05. The molecule has 5 heteroatoms. The quantitative estimate of drug-likeness (QED) is 0.818. The number of nitrogens with one attached hydrogen (secondary N) is 1. The number of benzene rings is 1. The van der Waals surface area contributed by atoms with Crippen LogP contribution in [0.2, 0.25) is 0 Å². The second kappa shape index (κ2) is 7.98. The van der Waals surface area contributed by atoms with E-state index in [4.69, 9.17) is 4.74 Å². The normalized spacial score (nSPS) is 19.2. The molecule has 0 aromatic heterocycles. The van der Waals surface area contributed by atoms with Gasteiger partial charge in [0.1, 0.15) is 0 Å². The maximum absolute atomic E-state index is 13.3. The number of nitrogens with zero attached hydrogens (tertiary/aromatic N) is 1. The number of likely N-dealkylation sites (tertiary alicyclic amines) is 1. The van der Waals surface area contributed by atoms with E-state index in [0.29, 0.717) is 19.4 Å². The highest BCUT2D eigenvalue weighted by Gasteiger charge is 2.18.